The fourth-order valence-electron chi connectivity index (χ4n) is 3.85. The molecule has 2 aliphatic heterocycles. The summed E-state index contributed by atoms with van der Waals surface area (Å²) in [5, 5.41) is 0. The largest absolute Gasteiger partial charge is 0.486 e. The molecule has 0 unspecified atom stereocenters. The highest BCUT2D eigenvalue weighted by atomic mass is 32.2. The maximum atomic E-state index is 13.0. The van der Waals surface area contributed by atoms with E-state index in [1.807, 2.05) is 6.92 Å². The molecule has 1 saturated heterocycles. The first kappa shape index (κ1) is 24.3. The molecular weight excluding hydrogens is 482 g/mol. The van der Waals surface area contributed by atoms with Crippen molar-refractivity contribution in [1.29, 1.82) is 0 Å². The number of piperazine rings is 1. The van der Waals surface area contributed by atoms with Crippen molar-refractivity contribution in [3.8, 4) is 11.5 Å². The molecule has 0 radical (unpaired) electrons. The van der Waals surface area contributed by atoms with Crippen LogP contribution in [0.3, 0.4) is 0 Å². The smallest absolute Gasteiger partial charge is 0.243 e. The number of nitrogens with zero attached hydrogens (tertiary/aromatic N) is 3. The topological polar surface area (TPSA) is 114 Å². The molecule has 1 amide bonds. The Morgan fingerprint density at radius 2 is 1.53 bits per heavy atom. The Kier molecular flexibility index (Phi) is 6.74. The quantitative estimate of drug-likeness (QED) is 0.572. The summed E-state index contributed by atoms with van der Waals surface area (Å²) in [4.78, 5) is 14.7. The summed E-state index contributed by atoms with van der Waals surface area (Å²) in [6.45, 7) is 2.84. The Morgan fingerprint density at radius 1 is 0.912 bits per heavy atom. The number of carbonyl (C=O) groups is 1. The molecule has 0 saturated carbocycles. The molecule has 0 aliphatic carbocycles. The molecule has 0 bridgehead atoms. The lowest BCUT2D eigenvalue weighted by atomic mass is 10.2. The van der Waals surface area contributed by atoms with Crippen molar-refractivity contribution in [3.05, 3.63) is 48.0 Å². The van der Waals surface area contributed by atoms with Crippen LogP contribution in [-0.2, 0) is 24.8 Å². The molecular formula is C22H27N3O7S2. The highest BCUT2D eigenvalue weighted by molar-refractivity contribution is 7.92. The van der Waals surface area contributed by atoms with E-state index in [0.29, 0.717) is 30.4 Å². The van der Waals surface area contributed by atoms with E-state index in [1.165, 1.54) is 15.3 Å². The first-order chi connectivity index (χ1) is 16.1. The molecule has 0 N–H and O–H groups in total. The molecule has 0 atom stereocenters. The van der Waals surface area contributed by atoms with E-state index in [9.17, 15) is 21.6 Å². The van der Waals surface area contributed by atoms with E-state index in [0.717, 1.165) is 16.1 Å². The van der Waals surface area contributed by atoms with Gasteiger partial charge in [-0.2, -0.15) is 4.31 Å². The van der Waals surface area contributed by atoms with Crippen molar-refractivity contribution >= 4 is 31.6 Å². The monoisotopic (exact) mass is 509 g/mol. The lowest BCUT2D eigenvalue weighted by molar-refractivity contribution is -0.130. The van der Waals surface area contributed by atoms with Crippen molar-refractivity contribution in [3.63, 3.8) is 0 Å². The number of ether oxygens (including phenoxy) is 2. The number of benzene rings is 2. The molecule has 0 spiro atoms. The van der Waals surface area contributed by atoms with E-state index in [4.69, 9.17) is 9.47 Å². The van der Waals surface area contributed by atoms with Crippen LogP contribution in [0.4, 0.5) is 5.69 Å². The molecule has 2 aromatic carbocycles. The van der Waals surface area contributed by atoms with Gasteiger partial charge in [-0.05, 0) is 31.2 Å². The molecule has 12 heteroatoms. The standard InChI is InChI=1S/C22H27N3O7S2/c1-17-3-6-19(7-4-17)34(29,30)24-11-9-23(10-12-24)22(26)16-25(33(2,27)28)18-5-8-20-21(15-18)32-14-13-31-20/h3-8,15H,9-14,16H2,1-2H3. The number of fused-ring (bicyclic) bond motifs is 1. The van der Waals surface area contributed by atoms with Gasteiger partial charge in [-0.1, -0.05) is 17.7 Å². The fraction of sp³-hybridized carbons (Fsp3) is 0.409. The van der Waals surface area contributed by atoms with Crippen molar-refractivity contribution < 1.29 is 31.1 Å². The highest BCUT2D eigenvalue weighted by Crippen LogP contribution is 2.34. The van der Waals surface area contributed by atoms with Gasteiger partial charge < -0.3 is 14.4 Å². The minimum Gasteiger partial charge on any atom is -0.486 e. The molecule has 2 aliphatic rings. The third kappa shape index (κ3) is 5.13. The molecule has 2 heterocycles. The molecule has 184 valence electrons. The van der Waals surface area contributed by atoms with Crippen LogP contribution in [-0.4, -0.2) is 84.1 Å². The predicted molar refractivity (Wildman–Crippen MR) is 126 cm³/mol. The Balaban J connectivity index is 1.44. The van der Waals surface area contributed by atoms with Crippen LogP contribution in [0.15, 0.2) is 47.4 Å². The van der Waals surface area contributed by atoms with Gasteiger partial charge in [-0.3, -0.25) is 9.10 Å². The van der Waals surface area contributed by atoms with Crippen molar-refractivity contribution in [2.24, 2.45) is 0 Å². The van der Waals surface area contributed by atoms with Gasteiger partial charge in [-0.25, -0.2) is 16.8 Å². The summed E-state index contributed by atoms with van der Waals surface area (Å²) in [7, 11) is -7.43. The van der Waals surface area contributed by atoms with Crippen LogP contribution in [0.1, 0.15) is 5.56 Å². The summed E-state index contributed by atoms with van der Waals surface area (Å²) in [6.07, 6.45) is 1.03. The van der Waals surface area contributed by atoms with Gasteiger partial charge in [0.25, 0.3) is 0 Å². The Labute approximate surface area is 199 Å². The average molecular weight is 510 g/mol. The first-order valence-electron chi connectivity index (χ1n) is 10.8. The number of aryl methyl sites for hydroxylation is 1. The maximum Gasteiger partial charge on any atom is 0.243 e. The summed E-state index contributed by atoms with van der Waals surface area (Å²) in [6, 6.07) is 11.3. The SMILES string of the molecule is Cc1ccc(S(=O)(=O)N2CCN(C(=O)CN(c3ccc4c(c3)OCCO4)S(C)(=O)=O)CC2)cc1. The Morgan fingerprint density at radius 3 is 2.15 bits per heavy atom. The van der Waals surface area contributed by atoms with Crippen LogP contribution in [0.2, 0.25) is 0 Å². The number of amides is 1. The number of hydrogen-bond acceptors (Lipinski definition) is 7. The van der Waals surface area contributed by atoms with Gasteiger partial charge in [0, 0.05) is 32.2 Å². The van der Waals surface area contributed by atoms with Crippen molar-refractivity contribution in [2.75, 3.05) is 56.5 Å². The van der Waals surface area contributed by atoms with Crippen LogP contribution < -0.4 is 13.8 Å². The summed E-state index contributed by atoms with van der Waals surface area (Å²) in [5.74, 6) is 0.521. The Hall–Kier alpha value is -2.83. The molecule has 34 heavy (non-hydrogen) atoms. The van der Waals surface area contributed by atoms with E-state index in [-0.39, 0.29) is 31.1 Å². The van der Waals surface area contributed by atoms with Crippen LogP contribution in [0.25, 0.3) is 0 Å². The number of anilines is 1. The minimum absolute atomic E-state index is 0.130. The number of sulfonamides is 2. The normalized spacial score (nSPS) is 16.8. The number of carbonyl (C=O) groups excluding carboxylic acids is 1. The molecule has 2 aromatic rings. The number of rotatable bonds is 6. The zero-order valence-corrected chi connectivity index (χ0v) is 20.6. The van der Waals surface area contributed by atoms with E-state index < -0.39 is 32.5 Å². The fourth-order valence-corrected chi connectivity index (χ4v) is 6.11. The molecule has 10 nitrogen and oxygen atoms in total. The molecule has 0 aromatic heterocycles. The number of hydrogen-bond donors (Lipinski definition) is 0. The van der Waals surface area contributed by atoms with E-state index in [2.05, 4.69) is 0 Å². The lowest BCUT2D eigenvalue weighted by Crippen LogP contribution is -2.53. The van der Waals surface area contributed by atoms with Gasteiger partial charge in [0.1, 0.15) is 19.8 Å². The minimum atomic E-state index is -3.77. The summed E-state index contributed by atoms with van der Waals surface area (Å²) < 4.78 is 64.1. The first-order valence-corrected chi connectivity index (χ1v) is 14.1. The van der Waals surface area contributed by atoms with Crippen LogP contribution in [0.5, 0.6) is 11.5 Å². The highest BCUT2D eigenvalue weighted by Gasteiger charge is 2.32. The van der Waals surface area contributed by atoms with Gasteiger partial charge in [0.05, 0.1) is 16.8 Å². The van der Waals surface area contributed by atoms with Gasteiger partial charge in [0.15, 0.2) is 11.5 Å². The van der Waals surface area contributed by atoms with Gasteiger partial charge in [-0.15, -0.1) is 0 Å². The molecule has 1 fully saturated rings. The zero-order chi connectivity index (χ0) is 24.5. The second kappa shape index (κ2) is 9.43. The van der Waals surface area contributed by atoms with E-state index in [1.54, 1.807) is 36.4 Å². The third-order valence-electron chi connectivity index (χ3n) is 5.74. The lowest BCUT2D eigenvalue weighted by Gasteiger charge is -2.35. The van der Waals surface area contributed by atoms with Gasteiger partial charge in [0.2, 0.25) is 26.0 Å². The summed E-state index contributed by atoms with van der Waals surface area (Å²) in [5.41, 5.74) is 1.25. The van der Waals surface area contributed by atoms with Crippen molar-refractivity contribution in [1.82, 2.24) is 9.21 Å². The van der Waals surface area contributed by atoms with Crippen molar-refractivity contribution in [2.45, 2.75) is 11.8 Å². The van der Waals surface area contributed by atoms with E-state index >= 15 is 0 Å². The van der Waals surface area contributed by atoms with Crippen LogP contribution >= 0.6 is 0 Å². The Bertz CT molecular complexity index is 1270. The van der Waals surface area contributed by atoms with Crippen LogP contribution in [0, 0.1) is 6.92 Å². The van der Waals surface area contributed by atoms with Gasteiger partial charge >= 0.3 is 0 Å². The maximum absolute atomic E-state index is 13.0. The second-order valence-corrected chi connectivity index (χ2v) is 12.0. The zero-order valence-electron chi connectivity index (χ0n) is 19.0. The third-order valence-corrected chi connectivity index (χ3v) is 8.80. The average Bonchev–Trinajstić information content (AvgIpc) is 2.81. The summed E-state index contributed by atoms with van der Waals surface area (Å²) >= 11 is 0. The predicted octanol–water partition coefficient (Wildman–Crippen LogP) is 1.07. The molecule has 4 rings (SSSR count). The second-order valence-electron chi connectivity index (χ2n) is 8.20.